The Kier molecular flexibility index (Phi) is 2.95. The molecule has 112 valence electrons. The highest BCUT2D eigenvalue weighted by Crippen LogP contribution is 2.67. The zero-order valence-corrected chi connectivity index (χ0v) is 11.9. The summed E-state index contributed by atoms with van der Waals surface area (Å²) in [6.07, 6.45) is 9.25. The Morgan fingerprint density at radius 1 is 1.10 bits per heavy atom. The van der Waals surface area contributed by atoms with Crippen LogP contribution < -0.4 is 0 Å². The van der Waals surface area contributed by atoms with Crippen molar-refractivity contribution in [3.05, 3.63) is 24.8 Å². The minimum Gasteiger partial charge on any atom is -0.428 e. The minimum absolute atomic E-state index is 0.00596. The molecule has 0 saturated heterocycles. The summed E-state index contributed by atoms with van der Waals surface area (Å²) < 4.78 is 9.86. The summed E-state index contributed by atoms with van der Waals surface area (Å²) in [5.74, 6) is 3.37. The summed E-state index contributed by atoms with van der Waals surface area (Å²) >= 11 is 0. The van der Waals surface area contributed by atoms with Crippen LogP contribution in [0.3, 0.4) is 0 Å². The highest BCUT2D eigenvalue weighted by atomic mass is 16.7. The first kappa shape index (κ1) is 13.1. The number of fused-ring (bicyclic) bond motifs is 9. The van der Waals surface area contributed by atoms with E-state index in [9.17, 15) is 9.59 Å². The van der Waals surface area contributed by atoms with Gasteiger partial charge in [0.05, 0.1) is 5.92 Å². The van der Waals surface area contributed by atoms with E-state index in [1.54, 1.807) is 0 Å². The zero-order valence-electron chi connectivity index (χ0n) is 11.9. The third-order valence-electron chi connectivity index (χ3n) is 6.14. The zero-order chi connectivity index (χ0) is 14.6. The first-order valence-electron chi connectivity index (χ1n) is 7.83. The predicted octanol–water partition coefficient (Wildman–Crippen LogP) is 2.31. The average Bonchev–Trinajstić information content (AvgIpc) is 3.23. The molecule has 3 fully saturated rings. The fraction of sp³-hybridized carbons (Fsp3) is 0.647. The summed E-state index contributed by atoms with van der Waals surface area (Å²) in [7, 11) is 0. The third-order valence-corrected chi connectivity index (χ3v) is 6.14. The van der Waals surface area contributed by atoms with Crippen molar-refractivity contribution >= 4 is 11.9 Å². The number of allylic oxidation sites excluding steroid dienone is 2. The van der Waals surface area contributed by atoms with Crippen LogP contribution in [0.15, 0.2) is 24.8 Å². The molecule has 0 spiro atoms. The van der Waals surface area contributed by atoms with E-state index in [0.29, 0.717) is 23.7 Å². The van der Waals surface area contributed by atoms with Crippen molar-refractivity contribution in [2.75, 3.05) is 6.79 Å². The molecular formula is C17H20O4. The summed E-state index contributed by atoms with van der Waals surface area (Å²) in [4.78, 5) is 23.2. The maximum Gasteiger partial charge on any atom is 0.333 e. The number of carbonyl (C=O) groups excluding carboxylic acids is 2. The first-order valence-corrected chi connectivity index (χ1v) is 7.83. The highest BCUT2D eigenvalue weighted by molar-refractivity contribution is 5.81. The van der Waals surface area contributed by atoms with E-state index in [0.717, 1.165) is 24.3 Å². The molecule has 0 aliphatic heterocycles. The Morgan fingerprint density at radius 3 is 2.62 bits per heavy atom. The summed E-state index contributed by atoms with van der Waals surface area (Å²) in [6.45, 7) is 3.01. The largest absolute Gasteiger partial charge is 0.428 e. The molecule has 4 rings (SSSR count). The molecule has 4 nitrogen and oxygen atoms in total. The summed E-state index contributed by atoms with van der Waals surface area (Å²) in [6, 6.07) is 0. The fourth-order valence-electron chi connectivity index (χ4n) is 5.60. The van der Waals surface area contributed by atoms with Crippen molar-refractivity contribution in [1.82, 2.24) is 0 Å². The Balaban J connectivity index is 1.38. The SMILES string of the molecule is C=CC(=O)OCOC(=O)C1CC2CC1C1C3C=CC(C3)C21. The van der Waals surface area contributed by atoms with E-state index in [2.05, 4.69) is 18.7 Å². The van der Waals surface area contributed by atoms with Crippen molar-refractivity contribution in [2.45, 2.75) is 19.3 Å². The van der Waals surface area contributed by atoms with E-state index >= 15 is 0 Å². The molecule has 7 atom stereocenters. The van der Waals surface area contributed by atoms with Gasteiger partial charge in [0.1, 0.15) is 0 Å². The number of carbonyl (C=O) groups is 2. The Labute approximate surface area is 124 Å². The van der Waals surface area contributed by atoms with Gasteiger partial charge >= 0.3 is 11.9 Å². The average molecular weight is 288 g/mol. The lowest BCUT2D eigenvalue weighted by atomic mass is 9.69. The van der Waals surface area contributed by atoms with E-state index < -0.39 is 5.97 Å². The van der Waals surface area contributed by atoms with Crippen molar-refractivity contribution in [1.29, 1.82) is 0 Å². The molecule has 0 amide bonds. The molecule has 4 aliphatic carbocycles. The van der Waals surface area contributed by atoms with Crippen molar-refractivity contribution < 1.29 is 19.1 Å². The van der Waals surface area contributed by atoms with Gasteiger partial charge in [-0.05, 0) is 54.8 Å². The van der Waals surface area contributed by atoms with Gasteiger partial charge in [-0.3, -0.25) is 4.79 Å². The monoisotopic (exact) mass is 288 g/mol. The number of esters is 2. The van der Waals surface area contributed by atoms with Crippen LogP contribution in [-0.2, 0) is 19.1 Å². The normalized spacial score (nSPS) is 44.7. The molecule has 0 aromatic rings. The lowest BCUT2D eigenvalue weighted by molar-refractivity contribution is -0.169. The first-order chi connectivity index (χ1) is 10.2. The fourth-order valence-corrected chi connectivity index (χ4v) is 5.60. The van der Waals surface area contributed by atoms with Crippen molar-refractivity contribution in [3.8, 4) is 0 Å². The lowest BCUT2D eigenvalue weighted by Crippen LogP contribution is -2.35. The summed E-state index contributed by atoms with van der Waals surface area (Å²) in [5.41, 5.74) is 0. The number of ether oxygens (including phenoxy) is 2. The smallest absolute Gasteiger partial charge is 0.333 e. The van der Waals surface area contributed by atoms with Gasteiger partial charge in [0.15, 0.2) is 0 Å². The predicted molar refractivity (Wildman–Crippen MR) is 74.7 cm³/mol. The van der Waals surface area contributed by atoms with E-state index in [-0.39, 0.29) is 18.7 Å². The van der Waals surface area contributed by atoms with Gasteiger partial charge in [-0.25, -0.2) is 4.79 Å². The number of hydrogen-bond acceptors (Lipinski definition) is 4. The van der Waals surface area contributed by atoms with Crippen LogP contribution in [0.4, 0.5) is 0 Å². The molecule has 0 radical (unpaired) electrons. The van der Waals surface area contributed by atoms with Crippen LogP contribution in [0.5, 0.6) is 0 Å². The minimum atomic E-state index is -0.561. The highest BCUT2D eigenvalue weighted by Gasteiger charge is 2.62. The molecule has 0 aromatic carbocycles. The van der Waals surface area contributed by atoms with E-state index in [4.69, 9.17) is 9.47 Å². The molecule has 4 bridgehead atoms. The standard InChI is InChI=1S/C17H20O4/c1-2-14(18)20-8-21-17(19)13-7-11-6-12(13)16-10-4-3-9(5-10)15(11)16/h2-4,9-13,15-16H,1,5-8H2. The molecule has 0 N–H and O–H groups in total. The van der Waals surface area contributed by atoms with Gasteiger partial charge in [-0.1, -0.05) is 18.7 Å². The Bertz CT molecular complexity index is 523. The van der Waals surface area contributed by atoms with E-state index in [1.807, 2.05) is 0 Å². The molecule has 4 aliphatic rings. The second-order valence-corrected chi connectivity index (χ2v) is 6.85. The molecule has 3 saturated carbocycles. The Morgan fingerprint density at radius 2 is 1.86 bits per heavy atom. The second kappa shape index (κ2) is 4.72. The molecule has 0 aromatic heterocycles. The van der Waals surface area contributed by atoms with Gasteiger partial charge in [0, 0.05) is 6.08 Å². The van der Waals surface area contributed by atoms with Crippen LogP contribution >= 0.6 is 0 Å². The van der Waals surface area contributed by atoms with Crippen LogP contribution in [0.25, 0.3) is 0 Å². The molecular weight excluding hydrogens is 268 g/mol. The van der Waals surface area contributed by atoms with Gasteiger partial charge in [0.2, 0.25) is 6.79 Å². The van der Waals surface area contributed by atoms with Gasteiger partial charge in [0.25, 0.3) is 0 Å². The van der Waals surface area contributed by atoms with Gasteiger partial charge in [-0.2, -0.15) is 0 Å². The topological polar surface area (TPSA) is 52.6 Å². The molecule has 21 heavy (non-hydrogen) atoms. The number of hydrogen-bond donors (Lipinski definition) is 0. The van der Waals surface area contributed by atoms with Crippen LogP contribution in [0, 0.1) is 41.4 Å². The second-order valence-electron chi connectivity index (χ2n) is 6.85. The molecule has 4 heteroatoms. The maximum atomic E-state index is 12.2. The Hall–Kier alpha value is -1.58. The van der Waals surface area contributed by atoms with Gasteiger partial charge < -0.3 is 9.47 Å². The maximum absolute atomic E-state index is 12.2. The quantitative estimate of drug-likeness (QED) is 0.262. The molecule has 7 unspecified atom stereocenters. The summed E-state index contributed by atoms with van der Waals surface area (Å²) in [5, 5.41) is 0. The van der Waals surface area contributed by atoms with Gasteiger partial charge in [-0.15, -0.1) is 0 Å². The number of rotatable bonds is 4. The lowest BCUT2D eigenvalue weighted by Gasteiger charge is -2.35. The molecule has 0 heterocycles. The van der Waals surface area contributed by atoms with Crippen LogP contribution in [0.1, 0.15) is 19.3 Å². The van der Waals surface area contributed by atoms with Crippen molar-refractivity contribution in [3.63, 3.8) is 0 Å². The third kappa shape index (κ3) is 1.88. The van der Waals surface area contributed by atoms with Crippen LogP contribution in [-0.4, -0.2) is 18.7 Å². The van der Waals surface area contributed by atoms with E-state index in [1.165, 1.54) is 12.8 Å². The van der Waals surface area contributed by atoms with Crippen LogP contribution in [0.2, 0.25) is 0 Å². The van der Waals surface area contributed by atoms with Crippen molar-refractivity contribution in [2.24, 2.45) is 41.4 Å².